The number of carboxylic acids is 1. The first-order valence-corrected chi connectivity index (χ1v) is 13.9. The number of carboxylic acid groups (broad SMARTS) is 1. The van der Waals surface area contributed by atoms with Crippen LogP contribution in [0.3, 0.4) is 0 Å². The van der Waals surface area contributed by atoms with Gasteiger partial charge >= 0.3 is 5.97 Å². The third-order valence-electron chi connectivity index (χ3n) is 13.0. The Morgan fingerprint density at radius 2 is 1.62 bits per heavy atom. The Morgan fingerprint density at radius 3 is 2.26 bits per heavy atom. The Kier molecular flexibility index (Phi) is 5.36. The highest BCUT2D eigenvalue weighted by Gasteiger charge is 2.72. The zero-order valence-electron chi connectivity index (χ0n) is 22.4. The molecule has 0 radical (unpaired) electrons. The van der Waals surface area contributed by atoms with Crippen LogP contribution in [0.1, 0.15) is 106 Å². The molecule has 9 atom stereocenters. The van der Waals surface area contributed by atoms with Gasteiger partial charge in [-0.15, -0.1) is 0 Å². The zero-order chi connectivity index (χ0) is 24.9. The molecule has 0 amide bonds. The van der Waals surface area contributed by atoms with Crippen LogP contribution in [0.5, 0.6) is 0 Å². The summed E-state index contributed by atoms with van der Waals surface area (Å²) in [7, 11) is 0. The van der Waals surface area contributed by atoms with Crippen molar-refractivity contribution in [2.45, 2.75) is 112 Å². The van der Waals surface area contributed by atoms with Gasteiger partial charge in [-0.1, -0.05) is 53.2 Å². The lowest BCUT2D eigenvalue weighted by Crippen LogP contribution is -2.67. The van der Waals surface area contributed by atoms with Crippen molar-refractivity contribution in [2.24, 2.45) is 50.2 Å². The first-order chi connectivity index (χ1) is 15.7. The van der Waals surface area contributed by atoms with Gasteiger partial charge in [0, 0.05) is 5.41 Å². The van der Waals surface area contributed by atoms with Crippen LogP contribution in [0, 0.1) is 50.2 Å². The second kappa shape index (κ2) is 7.34. The summed E-state index contributed by atoms with van der Waals surface area (Å²) in [5.41, 5.74) is 0.0886. The van der Waals surface area contributed by atoms with E-state index in [4.69, 9.17) is 0 Å². The fraction of sp³-hybridized carbons (Fsp3) is 0.900. The normalized spacial score (nSPS) is 54.1. The molecule has 0 aromatic rings. The highest BCUT2D eigenvalue weighted by molar-refractivity contribution is 5.81. The number of aliphatic hydroxyl groups is 2. The van der Waals surface area contributed by atoms with E-state index >= 15 is 0 Å². The van der Waals surface area contributed by atoms with Crippen molar-refractivity contribution in [3.8, 4) is 0 Å². The number of hydrogen-bond acceptors (Lipinski definition) is 3. The molecule has 5 aliphatic carbocycles. The summed E-state index contributed by atoms with van der Waals surface area (Å²) < 4.78 is 0. The maximum atomic E-state index is 13.5. The number of rotatable bonds is 2. The molecule has 0 bridgehead atoms. The minimum Gasteiger partial charge on any atom is -0.481 e. The maximum Gasteiger partial charge on any atom is 0.314 e. The fourth-order valence-corrected chi connectivity index (χ4v) is 10.7. The zero-order valence-corrected chi connectivity index (χ0v) is 22.4. The molecule has 0 unspecified atom stereocenters. The van der Waals surface area contributed by atoms with Crippen molar-refractivity contribution in [3.63, 3.8) is 0 Å². The van der Waals surface area contributed by atoms with Gasteiger partial charge in [0.05, 0.1) is 18.1 Å². The summed E-state index contributed by atoms with van der Waals surface area (Å²) in [6.45, 7) is 13.9. The lowest BCUT2D eigenvalue weighted by molar-refractivity contribution is -0.222. The van der Waals surface area contributed by atoms with Crippen molar-refractivity contribution < 1.29 is 20.1 Å². The first-order valence-electron chi connectivity index (χ1n) is 13.9. The average Bonchev–Trinajstić information content (AvgIpc) is 2.76. The van der Waals surface area contributed by atoms with Crippen LogP contribution in [0.4, 0.5) is 0 Å². The summed E-state index contributed by atoms with van der Waals surface area (Å²) in [5, 5.41) is 32.4. The van der Waals surface area contributed by atoms with Gasteiger partial charge < -0.3 is 15.3 Å². The molecule has 0 aromatic heterocycles. The van der Waals surface area contributed by atoms with E-state index in [0.717, 1.165) is 44.9 Å². The minimum atomic E-state index is -0.785. The van der Waals surface area contributed by atoms with E-state index in [1.807, 2.05) is 0 Å². The van der Waals surface area contributed by atoms with Gasteiger partial charge in [-0.3, -0.25) is 4.79 Å². The van der Waals surface area contributed by atoms with Gasteiger partial charge in [-0.05, 0) is 104 Å². The molecule has 0 saturated heterocycles. The number of allylic oxidation sites excluding steroid dienone is 1. The molecular weight excluding hydrogens is 424 g/mol. The SMILES string of the molecule is CC1(C)CC[C@]2(C)CC[C@]3(C(=O)O)C(=CC[C@@H]4[C@@]5(C)CC[C@@H](O)[C@@](C)(CO)[C@@H]5CC[C@]43C)[C@@H]2C1. The van der Waals surface area contributed by atoms with Crippen molar-refractivity contribution in [1.29, 1.82) is 0 Å². The lowest BCUT2D eigenvalue weighted by atomic mass is 9.33. The molecular formula is C30H48O4. The van der Waals surface area contributed by atoms with Crippen LogP contribution in [-0.4, -0.2) is 34.0 Å². The molecule has 0 spiro atoms. The third kappa shape index (κ3) is 2.88. The van der Waals surface area contributed by atoms with Crippen LogP contribution in [0.15, 0.2) is 11.6 Å². The van der Waals surface area contributed by atoms with Gasteiger partial charge in [-0.25, -0.2) is 0 Å². The monoisotopic (exact) mass is 472 g/mol. The number of hydrogen-bond donors (Lipinski definition) is 3. The van der Waals surface area contributed by atoms with E-state index in [1.165, 1.54) is 18.4 Å². The van der Waals surface area contributed by atoms with Gasteiger partial charge in [0.1, 0.15) is 0 Å². The van der Waals surface area contributed by atoms with Crippen molar-refractivity contribution >= 4 is 5.97 Å². The fourth-order valence-electron chi connectivity index (χ4n) is 10.7. The Bertz CT molecular complexity index is 907. The van der Waals surface area contributed by atoms with Gasteiger partial charge in [0.25, 0.3) is 0 Å². The summed E-state index contributed by atoms with van der Waals surface area (Å²) in [5.74, 6) is 0.243. The van der Waals surface area contributed by atoms with E-state index in [1.54, 1.807) is 0 Å². The van der Waals surface area contributed by atoms with Crippen molar-refractivity contribution in [2.75, 3.05) is 6.61 Å². The second-order valence-electron chi connectivity index (χ2n) is 15.0. The first kappa shape index (κ1) is 24.8. The lowest BCUT2D eigenvalue weighted by Gasteiger charge is -2.70. The Labute approximate surface area is 206 Å². The van der Waals surface area contributed by atoms with E-state index in [-0.39, 0.29) is 40.1 Å². The Morgan fingerprint density at radius 1 is 0.941 bits per heavy atom. The quantitative estimate of drug-likeness (QED) is 0.418. The molecule has 0 heterocycles. The summed E-state index contributed by atoms with van der Waals surface area (Å²) >= 11 is 0. The van der Waals surface area contributed by atoms with Crippen molar-refractivity contribution in [3.05, 3.63) is 11.6 Å². The predicted molar refractivity (Wildman–Crippen MR) is 134 cm³/mol. The van der Waals surface area contributed by atoms with E-state index < -0.39 is 22.9 Å². The summed E-state index contributed by atoms with van der Waals surface area (Å²) in [6.07, 6.45) is 11.5. The topological polar surface area (TPSA) is 77.8 Å². The summed E-state index contributed by atoms with van der Waals surface area (Å²) in [6, 6.07) is 0. The molecule has 5 rings (SSSR count). The molecule has 0 aromatic carbocycles. The molecule has 4 saturated carbocycles. The highest BCUT2D eigenvalue weighted by atomic mass is 16.4. The maximum absolute atomic E-state index is 13.5. The standard InChI is InChI=1S/C30H48O4/c1-25(2)13-14-26(3)15-16-30(24(33)34)19(20(26)17-25)7-8-22-27(4)11-10-23(32)28(5,18-31)21(27)9-12-29(22,30)6/h7,20-23,31-32H,8-18H2,1-6H3,(H,33,34)/t20-,21+,22+,23+,26+,27-,28-,29+,30+/m0/s1. The third-order valence-corrected chi connectivity index (χ3v) is 13.0. The average molecular weight is 473 g/mol. The smallest absolute Gasteiger partial charge is 0.314 e. The van der Waals surface area contributed by atoms with Gasteiger partial charge in [-0.2, -0.15) is 0 Å². The molecule has 4 nitrogen and oxygen atoms in total. The largest absolute Gasteiger partial charge is 0.481 e. The number of aliphatic hydroxyl groups excluding tert-OH is 2. The molecule has 192 valence electrons. The van der Waals surface area contributed by atoms with E-state index in [2.05, 4.69) is 47.6 Å². The van der Waals surface area contributed by atoms with E-state index in [9.17, 15) is 20.1 Å². The Balaban J connectivity index is 1.64. The number of carbonyl (C=O) groups is 1. The highest BCUT2D eigenvalue weighted by Crippen LogP contribution is 2.75. The molecule has 34 heavy (non-hydrogen) atoms. The van der Waals surface area contributed by atoms with Crippen LogP contribution in [0.2, 0.25) is 0 Å². The van der Waals surface area contributed by atoms with Gasteiger partial charge in [0.15, 0.2) is 0 Å². The van der Waals surface area contributed by atoms with Gasteiger partial charge in [0.2, 0.25) is 0 Å². The number of aliphatic carboxylic acids is 1. The van der Waals surface area contributed by atoms with E-state index in [0.29, 0.717) is 12.3 Å². The molecule has 5 aliphatic rings. The minimum absolute atomic E-state index is 0.00146. The van der Waals surface area contributed by atoms with Crippen LogP contribution in [0.25, 0.3) is 0 Å². The molecule has 3 N–H and O–H groups in total. The second-order valence-corrected chi connectivity index (χ2v) is 15.0. The number of fused-ring (bicyclic) bond motifs is 7. The summed E-state index contributed by atoms with van der Waals surface area (Å²) in [4.78, 5) is 13.5. The van der Waals surface area contributed by atoms with Crippen LogP contribution < -0.4 is 0 Å². The van der Waals surface area contributed by atoms with Crippen LogP contribution in [-0.2, 0) is 4.79 Å². The Hall–Kier alpha value is -0.870. The van der Waals surface area contributed by atoms with Crippen molar-refractivity contribution in [1.82, 2.24) is 0 Å². The predicted octanol–water partition coefficient (Wildman–Crippen LogP) is 6.21. The molecule has 4 heteroatoms. The molecule has 0 aliphatic heterocycles. The molecule has 4 fully saturated rings. The van der Waals surface area contributed by atoms with Crippen LogP contribution >= 0.6 is 0 Å².